The van der Waals surface area contributed by atoms with Gasteiger partial charge in [0.05, 0.1) is 0 Å². The normalized spacial score (nSPS) is 10.3. The molecule has 98 valence electrons. The van der Waals surface area contributed by atoms with Gasteiger partial charge >= 0.3 is 0 Å². The van der Waals surface area contributed by atoms with Crippen LogP contribution in [0.5, 0.6) is 0 Å². The van der Waals surface area contributed by atoms with Crippen LogP contribution in [-0.2, 0) is 0 Å². The van der Waals surface area contributed by atoms with Crippen molar-refractivity contribution in [1.82, 2.24) is 0 Å². The van der Waals surface area contributed by atoms with Gasteiger partial charge < -0.3 is 11.1 Å². The van der Waals surface area contributed by atoms with E-state index in [1.54, 1.807) is 19.1 Å². The first kappa shape index (κ1) is 13.0. The summed E-state index contributed by atoms with van der Waals surface area (Å²) in [7, 11) is 0. The lowest BCUT2D eigenvalue weighted by atomic mass is 10.1. The second-order valence-electron chi connectivity index (χ2n) is 4.19. The molecule has 0 aliphatic rings. The summed E-state index contributed by atoms with van der Waals surface area (Å²) in [6.45, 7) is 1.62. The summed E-state index contributed by atoms with van der Waals surface area (Å²) in [6.07, 6.45) is 0. The second kappa shape index (κ2) is 5.06. The highest BCUT2D eigenvalue weighted by Crippen LogP contribution is 2.16. The molecule has 0 saturated heterocycles. The van der Waals surface area contributed by atoms with Crippen molar-refractivity contribution in [3.8, 4) is 0 Å². The summed E-state index contributed by atoms with van der Waals surface area (Å²) in [4.78, 5) is 11.9. The van der Waals surface area contributed by atoms with E-state index in [-0.39, 0.29) is 11.3 Å². The average Bonchev–Trinajstić information content (AvgIpc) is 2.32. The van der Waals surface area contributed by atoms with Crippen molar-refractivity contribution in [2.75, 3.05) is 11.1 Å². The van der Waals surface area contributed by atoms with Crippen LogP contribution in [0.15, 0.2) is 36.4 Å². The SMILES string of the molecule is Cc1ccc(NC(=O)c2cc(N)cc(F)c2)cc1F. The quantitative estimate of drug-likeness (QED) is 0.817. The zero-order valence-electron chi connectivity index (χ0n) is 10.2. The Morgan fingerprint density at radius 3 is 2.53 bits per heavy atom. The van der Waals surface area contributed by atoms with Crippen molar-refractivity contribution in [3.05, 3.63) is 59.2 Å². The molecule has 19 heavy (non-hydrogen) atoms. The number of carbonyl (C=O) groups excluding carboxylic acids is 1. The minimum atomic E-state index is -0.597. The average molecular weight is 262 g/mol. The minimum absolute atomic E-state index is 0.0819. The van der Waals surface area contributed by atoms with Gasteiger partial charge in [-0.25, -0.2) is 8.78 Å². The van der Waals surface area contributed by atoms with Gasteiger partial charge in [-0.2, -0.15) is 0 Å². The van der Waals surface area contributed by atoms with Crippen LogP contribution in [0.1, 0.15) is 15.9 Å². The van der Waals surface area contributed by atoms with E-state index >= 15 is 0 Å². The molecule has 0 saturated carbocycles. The first-order valence-electron chi connectivity index (χ1n) is 5.59. The monoisotopic (exact) mass is 262 g/mol. The highest BCUT2D eigenvalue weighted by Gasteiger charge is 2.09. The zero-order valence-corrected chi connectivity index (χ0v) is 10.2. The number of nitrogen functional groups attached to an aromatic ring is 1. The number of carbonyl (C=O) groups is 1. The number of rotatable bonds is 2. The third-order valence-electron chi connectivity index (χ3n) is 2.61. The molecule has 0 atom stereocenters. The molecule has 3 nitrogen and oxygen atoms in total. The molecule has 0 spiro atoms. The molecule has 2 aromatic carbocycles. The van der Waals surface area contributed by atoms with Crippen LogP contribution in [0.2, 0.25) is 0 Å². The number of hydrogen-bond donors (Lipinski definition) is 2. The topological polar surface area (TPSA) is 55.1 Å². The highest BCUT2D eigenvalue weighted by molar-refractivity contribution is 6.04. The van der Waals surface area contributed by atoms with Gasteiger partial charge in [0.25, 0.3) is 5.91 Å². The Morgan fingerprint density at radius 1 is 1.16 bits per heavy atom. The van der Waals surface area contributed by atoms with E-state index in [4.69, 9.17) is 5.73 Å². The van der Waals surface area contributed by atoms with Crippen molar-refractivity contribution < 1.29 is 13.6 Å². The first-order chi connectivity index (χ1) is 8.95. The number of nitrogens with one attached hydrogen (secondary N) is 1. The molecule has 0 unspecified atom stereocenters. The molecule has 3 N–H and O–H groups in total. The number of amides is 1. The highest BCUT2D eigenvalue weighted by atomic mass is 19.1. The molecule has 0 radical (unpaired) electrons. The van der Waals surface area contributed by atoms with Gasteiger partial charge in [-0.15, -0.1) is 0 Å². The Kier molecular flexibility index (Phi) is 3.46. The molecule has 5 heteroatoms. The van der Waals surface area contributed by atoms with Crippen molar-refractivity contribution in [1.29, 1.82) is 0 Å². The Morgan fingerprint density at radius 2 is 1.89 bits per heavy atom. The summed E-state index contributed by atoms with van der Waals surface area (Å²) in [5.41, 5.74) is 6.47. The van der Waals surface area contributed by atoms with E-state index in [0.717, 1.165) is 12.1 Å². The molecule has 2 rings (SSSR count). The largest absolute Gasteiger partial charge is 0.399 e. The van der Waals surface area contributed by atoms with Crippen LogP contribution < -0.4 is 11.1 Å². The molecule has 0 aromatic heterocycles. The third kappa shape index (κ3) is 3.07. The van der Waals surface area contributed by atoms with Gasteiger partial charge in [-0.05, 0) is 42.8 Å². The van der Waals surface area contributed by atoms with Gasteiger partial charge in [0.15, 0.2) is 0 Å². The van der Waals surface area contributed by atoms with Crippen LogP contribution >= 0.6 is 0 Å². The predicted molar refractivity (Wildman–Crippen MR) is 69.9 cm³/mol. The van der Waals surface area contributed by atoms with E-state index in [1.807, 2.05) is 0 Å². The number of aryl methyl sites for hydroxylation is 1. The fourth-order valence-electron chi connectivity index (χ4n) is 1.62. The number of halogens is 2. The van der Waals surface area contributed by atoms with Crippen molar-refractivity contribution in [3.63, 3.8) is 0 Å². The molecule has 0 fully saturated rings. The maximum absolute atomic E-state index is 13.3. The fraction of sp³-hybridized carbons (Fsp3) is 0.0714. The maximum Gasteiger partial charge on any atom is 0.255 e. The van der Waals surface area contributed by atoms with Crippen LogP contribution in [0.25, 0.3) is 0 Å². The summed E-state index contributed by atoms with van der Waals surface area (Å²) >= 11 is 0. The Balaban J connectivity index is 2.22. The lowest BCUT2D eigenvalue weighted by molar-refractivity contribution is 0.102. The van der Waals surface area contributed by atoms with E-state index in [1.165, 1.54) is 12.1 Å². The van der Waals surface area contributed by atoms with Crippen molar-refractivity contribution in [2.45, 2.75) is 6.92 Å². The molecule has 0 heterocycles. The van der Waals surface area contributed by atoms with Crippen LogP contribution in [0, 0.1) is 18.6 Å². The van der Waals surface area contributed by atoms with Crippen molar-refractivity contribution in [2.24, 2.45) is 0 Å². The number of nitrogens with two attached hydrogens (primary N) is 1. The number of anilines is 2. The van der Waals surface area contributed by atoms with E-state index in [2.05, 4.69) is 5.32 Å². The smallest absolute Gasteiger partial charge is 0.255 e. The zero-order chi connectivity index (χ0) is 14.0. The Labute approximate surface area is 109 Å². The van der Waals surface area contributed by atoms with Gasteiger partial charge in [0.2, 0.25) is 0 Å². The molecule has 2 aromatic rings. The fourth-order valence-corrected chi connectivity index (χ4v) is 1.62. The third-order valence-corrected chi connectivity index (χ3v) is 2.61. The summed E-state index contributed by atoms with van der Waals surface area (Å²) in [5.74, 6) is -1.56. The molecule has 1 amide bonds. The summed E-state index contributed by atoms with van der Waals surface area (Å²) in [6, 6.07) is 7.85. The van der Waals surface area contributed by atoms with Crippen LogP contribution in [-0.4, -0.2) is 5.91 Å². The van der Waals surface area contributed by atoms with Crippen LogP contribution in [0.4, 0.5) is 20.2 Å². The number of hydrogen-bond acceptors (Lipinski definition) is 2. The molecular weight excluding hydrogens is 250 g/mol. The lowest BCUT2D eigenvalue weighted by Gasteiger charge is -2.07. The van der Waals surface area contributed by atoms with Crippen molar-refractivity contribution >= 4 is 17.3 Å². The summed E-state index contributed by atoms with van der Waals surface area (Å²) in [5, 5.41) is 2.48. The lowest BCUT2D eigenvalue weighted by Crippen LogP contribution is -2.12. The van der Waals surface area contributed by atoms with E-state index < -0.39 is 17.5 Å². The Bertz CT molecular complexity index is 621. The van der Waals surface area contributed by atoms with Crippen LogP contribution in [0.3, 0.4) is 0 Å². The maximum atomic E-state index is 13.3. The van der Waals surface area contributed by atoms with Gasteiger partial charge in [-0.1, -0.05) is 6.07 Å². The Hall–Kier alpha value is -2.43. The standard InChI is InChI=1S/C14H12F2N2O/c1-8-2-3-12(7-13(8)16)18-14(19)9-4-10(15)6-11(17)5-9/h2-7H,17H2,1H3,(H,18,19). The summed E-state index contributed by atoms with van der Waals surface area (Å²) < 4.78 is 26.5. The first-order valence-corrected chi connectivity index (χ1v) is 5.59. The van der Waals surface area contributed by atoms with Gasteiger partial charge in [0.1, 0.15) is 11.6 Å². The van der Waals surface area contributed by atoms with Gasteiger partial charge in [0, 0.05) is 16.9 Å². The predicted octanol–water partition coefficient (Wildman–Crippen LogP) is 3.11. The molecular formula is C14H12F2N2O. The molecule has 0 aliphatic heterocycles. The van der Waals surface area contributed by atoms with E-state index in [0.29, 0.717) is 11.3 Å². The van der Waals surface area contributed by atoms with E-state index in [9.17, 15) is 13.6 Å². The molecule has 0 aliphatic carbocycles. The molecule has 0 bridgehead atoms. The minimum Gasteiger partial charge on any atom is -0.399 e. The number of benzene rings is 2. The second-order valence-corrected chi connectivity index (χ2v) is 4.19. The van der Waals surface area contributed by atoms with Gasteiger partial charge in [-0.3, -0.25) is 4.79 Å².